The molecule has 2 unspecified atom stereocenters. The van der Waals surface area contributed by atoms with Crippen LogP contribution in [0.5, 0.6) is 0 Å². The number of hydrogen-bond donors (Lipinski definition) is 3. The van der Waals surface area contributed by atoms with Gasteiger partial charge in [-0.15, -0.1) is 13.2 Å². The highest BCUT2D eigenvalue weighted by Crippen LogP contribution is 2.18. The molecule has 0 saturated carbocycles. The van der Waals surface area contributed by atoms with Crippen molar-refractivity contribution in [3.8, 4) is 0 Å². The van der Waals surface area contributed by atoms with Gasteiger partial charge in [-0.25, -0.2) is 0 Å². The van der Waals surface area contributed by atoms with E-state index in [0.717, 1.165) is 38.5 Å². The molecule has 6 heteroatoms. The fourth-order valence-electron chi connectivity index (χ4n) is 3.89. The van der Waals surface area contributed by atoms with Crippen molar-refractivity contribution in [1.82, 2.24) is 0 Å². The minimum absolute atomic E-state index is 0.00728. The van der Waals surface area contributed by atoms with Crippen LogP contribution < -0.4 is 5.11 Å². The average Bonchev–Trinajstić information content (AvgIpc) is 2.66. The van der Waals surface area contributed by atoms with E-state index < -0.39 is 18.2 Å². The lowest BCUT2D eigenvalue weighted by Gasteiger charge is -2.41. The van der Waals surface area contributed by atoms with Gasteiger partial charge in [0.2, 0.25) is 0 Å². The first-order valence-corrected chi connectivity index (χ1v) is 11.1. The monoisotopic (exact) mass is 413 g/mol. The highest BCUT2D eigenvalue weighted by Gasteiger charge is 2.32. The summed E-state index contributed by atoms with van der Waals surface area (Å²) in [6, 6.07) is 0. The molecule has 0 amide bonds. The molecule has 6 nitrogen and oxygen atoms in total. The summed E-state index contributed by atoms with van der Waals surface area (Å²) in [7, 11) is 0. The molecule has 0 heterocycles. The molecule has 0 aromatic rings. The van der Waals surface area contributed by atoms with Crippen molar-refractivity contribution in [2.45, 2.75) is 82.8 Å². The van der Waals surface area contributed by atoms with Crippen molar-refractivity contribution >= 4 is 5.97 Å². The number of nitrogens with zero attached hydrogens (tertiary/aromatic N) is 1. The zero-order valence-electron chi connectivity index (χ0n) is 18.1. The fourth-order valence-corrected chi connectivity index (χ4v) is 3.89. The Kier molecular flexibility index (Phi) is 16.9. The highest BCUT2D eigenvalue weighted by atomic mass is 16.4. The van der Waals surface area contributed by atoms with Gasteiger partial charge in [0.05, 0.1) is 13.2 Å². The third kappa shape index (κ3) is 15.3. The number of aliphatic hydroxyl groups excluding tert-OH is 3. The highest BCUT2D eigenvalue weighted by molar-refractivity contribution is 5.64. The molecule has 0 bridgehead atoms. The maximum absolute atomic E-state index is 10.7. The van der Waals surface area contributed by atoms with Crippen LogP contribution in [0.1, 0.15) is 70.6 Å². The second-order valence-electron chi connectivity index (χ2n) is 8.16. The Morgan fingerprint density at radius 1 is 0.862 bits per heavy atom. The minimum Gasteiger partial charge on any atom is -0.550 e. The smallest absolute Gasteiger partial charge is 0.105 e. The van der Waals surface area contributed by atoms with E-state index in [1.54, 1.807) is 0 Å². The number of aliphatic hydroxyl groups is 3. The third-order valence-electron chi connectivity index (χ3n) is 5.42. The molecule has 0 aromatic carbocycles. The Morgan fingerprint density at radius 3 is 1.79 bits per heavy atom. The Labute approximate surface area is 177 Å². The first kappa shape index (κ1) is 27.8. The molecule has 2 atom stereocenters. The molecule has 0 aromatic heterocycles. The molecular formula is C23H43NO5. The molecule has 0 rings (SSSR count). The van der Waals surface area contributed by atoms with Crippen molar-refractivity contribution in [1.29, 1.82) is 0 Å². The van der Waals surface area contributed by atoms with Gasteiger partial charge in [0.1, 0.15) is 31.8 Å². The summed E-state index contributed by atoms with van der Waals surface area (Å²) in [5.41, 5.74) is 0. The zero-order chi connectivity index (χ0) is 22.0. The molecule has 0 fully saturated rings. The molecule has 0 aliphatic carbocycles. The second kappa shape index (κ2) is 17.6. The Bertz CT molecular complexity index is 417. The third-order valence-corrected chi connectivity index (χ3v) is 5.42. The minimum atomic E-state index is -1.06. The van der Waals surface area contributed by atoms with Gasteiger partial charge in [-0.2, -0.15) is 0 Å². The number of carboxylic acid groups (broad SMARTS) is 1. The molecule has 0 spiro atoms. The lowest BCUT2D eigenvalue weighted by atomic mass is 10.0. The van der Waals surface area contributed by atoms with Crippen LogP contribution in [-0.2, 0) is 4.79 Å². The quantitative estimate of drug-likeness (QED) is 0.152. The topological polar surface area (TPSA) is 101 Å². The van der Waals surface area contributed by atoms with E-state index in [1.165, 1.54) is 0 Å². The standard InChI is InChI=1S/C23H43NO5/c1-3-5-7-9-13-21(26)19-24(17-18-25,16-12-11-15-23(28)29)20-22(27)14-10-8-6-4-2/h3-4,21-22,25-27H,1-2,5-20H2. The summed E-state index contributed by atoms with van der Waals surface area (Å²) in [5.74, 6) is -1.06. The number of carbonyl (C=O) groups is 1. The largest absolute Gasteiger partial charge is 0.550 e. The van der Waals surface area contributed by atoms with Gasteiger partial charge in [0.15, 0.2) is 0 Å². The van der Waals surface area contributed by atoms with Crippen LogP contribution in [0.4, 0.5) is 0 Å². The van der Waals surface area contributed by atoms with Gasteiger partial charge in [-0.3, -0.25) is 0 Å². The van der Waals surface area contributed by atoms with Gasteiger partial charge < -0.3 is 29.7 Å². The van der Waals surface area contributed by atoms with E-state index in [2.05, 4.69) is 13.2 Å². The van der Waals surface area contributed by atoms with Crippen LogP contribution in [0.25, 0.3) is 0 Å². The first-order valence-electron chi connectivity index (χ1n) is 11.1. The Hall–Kier alpha value is -1.21. The number of allylic oxidation sites excluding steroid dienone is 2. The number of aliphatic carboxylic acids is 1. The Balaban J connectivity index is 4.92. The van der Waals surface area contributed by atoms with Crippen molar-refractivity contribution in [2.24, 2.45) is 0 Å². The van der Waals surface area contributed by atoms with E-state index in [4.69, 9.17) is 0 Å². The van der Waals surface area contributed by atoms with Gasteiger partial charge in [0, 0.05) is 5.97 Å². The van der Waals surface area contributed by atoms with Gasteiger partial charge >= 0.3 is 0 Å². The van der Waals surface area contributed by atoms with Crippen LogP contribution in [0, 0.1) is 0 Å². The normalized spacial score (nSPS) is 15.4. The molecular weight excluding hydrogens is 370 g/mol. The maximum Gasteiger partial charge on any atom is 0.105 e. The fraction of sp³-hybridized carbons (Fsp3) is 0.783. The van der Waals surface area contributed by atoms with E-state index in [-0.39, 0.29) is 13.0 Å². The summed E-state index contributed by atoms with van der Waals surface area (Å²) < 4.78 is 0.412. The SMILES string of the molecule is C=CCCCCC(O)C[N+](CCO)(CCCCC(=O)[O-])CC(O)CCCCC=C. The molecule has 0 aliphatic heterocycles. The molecule has 29 heavy (non-hydrogen) atoms. The van der Waals surface area contributed by atoms with E-state index in [1.807, 2.05) is 12.2 Å². The Morgan fingerprint density at radius 2 is 1.38 bits per heavy atom. The average molecular weight is 414 g/mol. The number of quaternary nitrogens is 1. The van der Waals surface area contributed by atoms with Crippen LogP contribution in [0.15, 0.2) is 25.3 Å². The molecule has 0 saturated heterocycles. The molecule has 0 aliphatic rings. The summed E-state index contributed by atoms with van der Waals surface area (Å²) >= 11 is 0. The lowest BCUT2D eigenvalue weighted by molar-refractivity contribution is -0.934. The van der Waals surface area contributed by atoms with Crippen LogP contribution in [-0.4, -0.2) is 70.8 Å². The van der Waals surface area contributed by atoms with Crippen LogP contribution in [0.2, 0.25) is 0 Å². The van der Waals surface area contributed by atoms with E-state index in [9.17, 15) is 25.2 Å². The summed E-state index contributed by atoms with van der Waals surface area (Å²) in [5, 5.41) is 41.5. The van der Waals surface area contributed by atoms with Gasteiger partial charge in [0.25, 0.3) is 0 Å². The predicted molar refractivity (Wildman–Crippen MR) is 115 cm³/mol. The number of rotatable bonds is 21. The van der Waals surface area contributed by atoms with E-state index in [0.29, 0.717) is 56.3 Å². The zero-order valence-corrected chi connectivity index (χ0v) is 18.1. The number of unbranched alkanes of at least 4 members (excludes halogenated alkanes) is 5. The number of carbonyl (C=O) groups excluding carboxylic acids is 1. The summed E-state index contributed by atoms with van der Waals surface area (Å²) in [6.45, 7) is 9.38. The first-order chi connectivity index (χ1) is 13.9. The molecule has 3 N–H and O–H groups in total. The van der Waals surface area contributed by atoms with Crippen molar-refractivity contribution in [3.63, 3.8) is 0 Å². The maximum atomic E-state index is 10.7. The van der Waals surface area contributed by atoms with Gasteiger partial charge in [-0.1, -0.05) is 25.0 Å². The predicted octanol–water partition coefficient (Wildman–Crippen LogP) is 1.93. The van der Waals surface area contributed by atoms with E-state index >= 15 is 0 Å². The van der Waals surface area contributed by atoms with Gasteiger partial charge in [-0.05, 0) is 57.8 Å². The van der Waals surface area contributed by atoms with Crippen molar-refractivity contribution in [2.75, 3.05) is 32.8 Å². The summed E-state index contributed by atoms with van der Waals surface area (Å²) in [4.78, 5) is 10.7. The van der Waals surface area contributed by atoms with Crippen molar-refractivity contribution in [3.05, 3.63) is 25.3 Å². The number of hydrogen-bond acceptors (Lipinski definition) is 5. The second-order valence-corrected chi connectivity index (χ2v) is 8.16. The summed E-state index contributed by atoms with van der Waals surface area (Å²) in [6.07, 6.45) is 10.9. The van der Waals surface area contributed by atoms with Crippen molar-refractivity contribution < 1.29 is 29.7 Å². The molecule has 170 valence electrons. The number of carboxylic acids is 1. The van der Waals surface area contributed by atoms with Crippen LogP contribution in [0.3, 0.4) is 0 Å². The lowest BCUT2D eigenvalue weighted by Crippen LogP contribution is -2.57. The molecule has 0 radical (unpaired) electrons. The van der Waals surface area contributed by atoms with Crippen LogP contribution >= 0.6 is 0 Å².